The second kappa shape index (κ2) is 6.20. The first-order valence-corrected chi connectivity index (χ1v) is 9.03. The molecule has 3 rings (SSSR count). The summed E-state index contributed by atoms with van der Waals surface area (Å²) >= 11 is 3.20. The Balaban J connectivity index is 1.90. The number of nitrogens with one attached hydrogen (secondary N) is 1. The molecule has 0 fully saturated rings. The predicted octanol–water partition coefficient (Wildman–Crippen LogP) is 3.51. The molecule has 0 aliphatic heterocycles. The number of aromatic amines is 1. The van der Waals surface area contributed by atoms with Crippen LogP contribution in [-0.2, 0) is 12.8 Å². The van der Waals surface area contributed by atoms with Gasteiger partial charge in [0.1, 0.15) is 4.83 Å². The molecule has 0 saturated heterocycles. The van der Waals surface area contributed by atoms with Crippen LogP contribution in [0.25, 0.3) is 10.2 Å². The van der Waals surface area contributed by atoms with E-state index >= 15 is 0 Å². The summed E-state index contributed by atoms with van der Waals surface area (Å²) in [5.41, 5.74) is 1.22. The molecule has 0 saturated carbocycles. The number of rotatable bonds is 4. The maximum Gasteiger partial charge on any atom is 0.260 e. The molecule has 2 aromatic rings. The Morgan fingerprint density at radius 2 is 2.43 bits per heavy atom. The van der Waals surface area contributed by atoms with Gasteiger partial charge in [-0.05, 0) is 37.2 Å². The van der Waals surface area contributed by atoms with Gasteiger partial charge in [0.25, 0.3) is 5.56 Å². The Labute approximate surface area is 131 Å². The van der Waals surface area contributed by atoms with E-state index in [1.165, 1.54) is 22.2 Å². The summed E-state index contributed by atoms with van der Waals surface area (Å²) in [7, 11) is 0. The SMILES string of the molecule is CC1CCc2c(sc3nc(SCCCC#N)[nH]c(=O)c23)C1. The number of hydrogen-bond donors (Lipinski definition) is 1. The molecule has 1 unspecified atom stereocenters. The maximum absolute atomic E-state index is 12.3. The molecule has 0 amide bonds. The van der Waals surface area contributed by atoms with Gasteiger partial charge in [-0.2, -0.15) is 5.26 Å². The quantitative estimate of drug-likeness (QED) is 0.532. The number of nitriles is 1. The minimum absolute atomic E-state index is 0.00478. The van der Waals surface area contributed by atoms with Crippen LogP contribution in [0.2, 0.25) is 0 Å². The molecule has 2 aromatic heterocycles. The van der Waals surface area contributed by atoms with Gasteiger partial charge >= 0.3 is 0 Å². The average molecular weight is 319 g/mol. The summed E-state index contributed by atoms with van der Waals surface area (Å²) in [6, 6.07) is 2.13. The molecule has 6 heteroatoms. The predicted molar refractivity (Wildman–Crippen MR) is 87.0 cm³/mol. The minimum atomic E-state index is -0.00478. The van der Waals surface area contributed by atoms with E-state index in [-0.39, 0.29) is 5.56 Å². The summed E-state index contributed by atoms with van der Waals surface area (Å²) in [6.07, 6.45) is 4.59. The molecule has 1 aliphatic rings. The van der Waals surface area contributed by atoms with Gasteiger partial charge < -0.3 is 4.98 Å². The normalized spacial score (nSPS) is 17.6. The van der Waals surface area contributed by atoms with Crippen LogP contribution in [0.5, 0.6) is 0 Å². The first kappa shape index (κ1) is 14.6. The highest BCUT2D eigenvalue weighted by molar-refractivity contribution is 7.99. The molecule has 0 spiro atoms. The van der Waals surface area contributed by atoms with Crippen LogP contribution in [0, 0.1) is 17.2 Å². The van der Waals surface area contributed by atoms with E-state index < -0.39 is 0 Å². The number of thioether (sulfide) groups is 1. The van der Waals surface area contributed by atoms with Crippen molar-refractivity contribution in [3.05, 3.63) is 20.8 Å². The van der Waals surface area contributed by atoms with Gasteiger partial charge in [0, 0.05) is 17.1 Å². The van der Waals surface area contributed by atoms with Gasteiger partial charge in [0.05, 0.1) is 11.5 Å². The van der Waals surface area contributed by atoms with Crippen LogP contribution in [0.15, 0.2) is 9.95 Å². The van der Waals surface area contributed by atoms with Gasteiger partial charge in [0.15, 0.2) is 5.16 Å². The summed E-state index contributed by atoms with van der Waals surface area (Å²) in [5, 5.41) is 10.0. The number of H-pyrrole nitrogens is 1. The molecule has 0 bridgehead atoms. The largest absolute Gasteiger partial charge is 0.301 e. The van der Waals surface area contributed by atoms with Crippen molar-refractivity contribution in [3.63, 3.8) is 0 Å². The van der Waals surface area contributed by atoms with Crippen molar-refractivity contribution in [2.24, 2.45) is 5.92 Å². The van der Waals surface area contributed by atoms with Crippen LogP contribution in [0.3, 0.4) is 0 Å². The van der Waals surface area contributed by atoms with Crippen molar-refractivity contribution in [3.8, 4) is 6.07 Å². The van der Waals surface area contributed by atoms with E-state index in [1.54, 1.807) is 11.3 Å². The van der Waals surface area contributed by atoms with E-state index in [2.05, 4.69) is 23.0 Å². The molecule has 0 radical (unpaired) electrons. The van der Waals surface area contributed by atoms with Crippen molar-refractivity contribution in [1.29, 1.82) is 5.26 Å². The Morgan fingerprint density at radius 3 is 3.24 bits per heavy atom. The lowest BCUT2D eigenvalue weighted by atomic mass is 9.89. The number of thiophene rings is 1. The molecule has 110 valence electrons. The van der Waals surface area contributed by atoms with Gasteiger partial charge in [-0.25, -0.2) is 4.98 Å². The zero-order chi connectivity index (χ0) is 14.8. The first-order chi connectivity index (χ1) is 10.2. The highest BCUT2D eigenvalue weighted by Gasteiger charge is 2.22. The fourth-order valence-corrected chi connectivity index (χ4v) is 4.96. The Bertz CT molecular complexity index is 757. The average Bonchev–Trinajstić information content (AvgIpc) is 2.81. The fourth-order valence-electron chi connectivity index (χ4n) is 2.72. The van der Waals surface area contributed by atoms with E-state index in [0.717, 1.165) is 41.7 Å². The summed E-state index contributed by atoms with van der Waals surface area (Å²) in [6.45, 7) is 2.27. The van der Waals surface area contributed by atoms with Gasteiger partial charge in [-0.3, -0.25) is 4.79 Å². The Kier molecular flexibility index (Phi) is 4.32. The van der Waals surface area contributed by atoms with Gasteiger partial charge in [-0.15, -0.1) is 11.3 Å². The van der Waals surface area contributed by atoms with Gasteiger partial charge in [0.2, 0.25) is 0 Å². The molecular weight excluding hydrogens is 302 g/mol. The Hall–Kier alpha value is -1.32. The third kappa shape index (κ3) is 2.99. The molecule has 1 atom stereocenters. The number of aromatic nitrogens is 2. The number of unbranched alkanes of at least 4 members (excludes halogenated alkanes) is 1. The van der Waals surface area contributed by atoms with Crippen molar-refractivity contribution in [2.45, 2.75) is 44.2 Å². The first-order valence-electron chi connectivity index (χ1n) is 7.23. The molecular formula is C15H17N3OS2. The standard InChI is InChI=1S/C15H17N3OS2/c1-9-4-5-10-11(8-9)21-14-12(10)13(19)17-15(18-14)20-7-3-2-6-16/h9H,2-5,7-8H2,1H3,(H,17,18,19). The molecule has 21 heavy (non-hydrogen) atoms. The van der Waals surface area contributed by atoms with Crippen LogP contribution < -0.4 is 5.56 Å². The highest BCUT2D eigenvalue weighted by Crippen LogP contribution is 2.36. The highest BCUT2D eigenvalue weighted by atomic mass is 32.2. The number of hydrogen-bond acceptors (Lipinski definition) is 5. The van der Waals surface area contributed by atoms with Gasteiger partial charge in [-0.1, -0.05) is 18.7 Å². The van der Waals surface area contributed by atoms with Crippen LogP contribution in [-0.4, -0.2) is 15.7 Å². The number of fused-ring (bicyclic) bond motifs is 3. The molecule has 4 nitrogen and oxygen atoms in total. The topological polar surface area (TPSA) is 69.5 Å². The minimum Gasteiger partial charge on any atom is -0.301 e. The van der Waals surface area contributed by atoms with Crippen LogP contribution >= 0.6 is 23.1 Å². The number of nitrogens with zero attached hydrogens (tertiary/aromatic N) is 2. The fraction of sp³-hybridized carbons (Fsp3) is 0.533. The third-order valence-corrected chi connectivity index (χ3v) is 5.92. The zero-order valence-electron chi connectivity index (χ0n) is 11.9. The lowest BCUT2D eigenvalue weighted by molar-refractivity contribution is 0.509. The van der Waals surface area contributed by atoms with Crippen molar-refractivity contribution in [1.82, 2.24) is 9.97 Å². The molecule has 0 aromatic carbocycles. The van der Waals surface area contributed by atoms with Crippen molar-refractivity contribution < 1.29 is 0 Å². The summed E-state index contributed by atoms with van der Waals surface area (Å²) < 4.78 is 0. The molecule has 1 aliphatic carbocycles. The molecule has 1 N–H and O–H groups in total. The van der Waals surface area contributed by atoms with E-state index in [0.29, 0.717) is 17.5 Å². The van der Waals surface area contributed by atoms with E-state index in [9.17, 15) is 4.79 Å². The third-order valence-electron chi connectivity index (χ3n) is 3.82. The van der Waals surface area contributed by atoms with Crippen molar-refractivity contribution >= 4 is 33.3 Å². The van der Waals surface area contributed by atoms with Crippen molar-refractivity contribution in [2.75, 3.05) is 5.75 Å². The van der Waals surface area contributed by atoms with Crippen LogP contribution in [0.4, 0.5) is 0 Å². The second-order valence-electron chi connectivity index (χ2n) is 5.51. The van der Waals surface area contributed by atoms with E-state index in [4.69, 9.17) is 5.26 Å². The van der Waals surface area contributed by atoms with E-state index in [1.807, 2.05) is 0 Å². The monoisotopic (exact) mass is 319 g/mol. The summed E-state index contributed by atoms with van der Waals surface area (Å²) in [5.74, 6) is 1.51. The summed E-state index contributed by atoms with van der Waals surface area (Å²) in [4.78, 5) is 22.1. The zero-order valence-corrected chi connectivity index (χ0v) is 13.6. The van der Waals surface area contributed by atoms with Crippen LogP contribution in [0.1, 0.15) is 36.6 Å². The smallest absolute Gasteiger partial charge is 0.260 e. The Morgan fingerprint density at radius 1 is 1.57 bits per heavy atom. The lowest BCUT2D eigenvalue weighted by Crippen LogP contribution is -2.13. The molecule has 2 heterocycles. The lowest BCUT2D eigenvalue weighted by Gasteiger charge is -2.17. The second-order valence-corrected chi connectivity index (χ2v) is 7.68. The maximum atomic E-state index is 12.3. The number of aryl methyl sites for hydroxylation is 1.